The molecule has 3 rings (SSSR count). The predicted molar refractivity (Wildman–Crippen MR) is 124 cm³/mol. The zero-order chi connectivity index (χ0) is 21.5. The van der Waals surface area contributed by atoms with Crippen LogP contribution in [0.1, 0.15) is 43.4 Å². The Hall–Kier alpha value is -3.27. The third kappa shape index (κ3) is 5.86. The van der Waals surface area contributed by atoms with Gasteiger partial charge in [0.2, 0.25) is 5.91 Å². The fourth-order valence-corrected chi connectivity index (χ4v) is 3.21. The number of nitrogens with zero attached hydrogens (tertiary/aromatic N) is 2. The number of hydrogen-bond acceptors (Lipinski definition) is 3. The topological polar surface area (TPSA) is 53.8 Å². The largest absolute Gasteiger partial charge is 0.326 e. The number of amides is 1. The van der Waals surface area contributed by atoms with Gasteiger partial charge in [-0.2, -0.15) is 10.2 Å². The number of benzene rings is 3. The van der Waals surface area contributed by atoms with Crippen LogP contribution in [-0.4, -0.2) is 5.91 Å². The maximum atomic E-state index is 12.7. The van der Waals surface area contributed by atoms with E-state index in [1.54, 1.807) is 0 Å². The van der Waals surface area contributed by atoms with E-state index in [2.05, 4.69) is 53.7 Å². The van der Waals surface area contributed by atoms with E-state index in [0.717, 1.165) is 34.6 Å². The Bertz CT molecular complexity index is 1010. The zero-order valence-corrected chi connectivity index (χ0v) is 18.1. The molecule has 0 aromatic heterocycles. The van der Waals surface area contributed by atoms with Crippen molar-refractivity contribution < 1.29 is 4.79 Å². The summed E-state index contributed by atoms with van der Waals surface area (Å²) < 4.78 is 0. The van der Waals surface area contributed by atoms with Crippen molar-refractivity contribution in [3.63, 3.8) is 0 Å². The molecule has 1 amide bonds. The molecular weight excluding hydrogens is 370 g/mol. The van der Waals surface area contributed by atoms with E-state index in [9.17, 15) is 4.79 Å². The average Bonchev–Trinajstić information content (AvgIpc) is 2.74. The van der Waals surface area contributed by atoms with Crippen LogP contribution in [0.25, 0.3) is 0 Å². The number of carbonyl (C=O) groups excluding carboxylic acids is 1. The molecule has 0 aliphatic heterocycles. The number of anilines is 1. The average molecular weight is 400 g/mol. The maximum Gasteiger partial charge on any atom is 0.231 e. The smallest absolute Gasteiger partial charge is 0.231 e. The second-order valence-electron chi connectivity index (χ2n) is 8.08. The van der Waals surface area contributed by atoms with Crippen LogP contribution in [-0.2, 0) is 11.2 Å². The Balaban J connectivity index is 1.60. The standard InChI is InChI=1S/C26H29N3O/c1-18(2)17-21-9-11-22(12-10-21)20(4)26(30)27-23-13-15-24(16-14-23)28-29-25-8-6-5-7-19(25)3/h5-16,18,20H,17H2,1-4H3,(H,27,30)/t20-/m0/s1. The first kappa shape index (κ1) is 21.4. The fourth-order valence-electron chi connectivity index (χ4n) is 3.21. The lowest BCUT2D eigenvalue weighted by molar-refractivity contribution is -0.117. The minimum atomic E-state index is -0.224. The molecule has 0 fully saturated rings. The number of hydrogen-bond donors (Lipinski definition) is 1. The molecule has 154 valence electrons. The summed E-state index contributed by atoms with van der Waals surface area (Å²) >= 11 is 0. The summed E-state index contributed by atoms with van der Waals surface area (Å²) in [5.74, 6) is 0.371. The van der Waals surface area contributed by atoms with Crippen LogP contribution in [0.4, 0.5) is 17.1 Å². The van der Waals surface area contributed by atoms with Gasteiger partial charge in [-0.3, -0.25) is 4.79 Å². The molecule has 0 bridgehead atoms. The summed E-state index contributed by atoms with van der Waals surface area (Å²) in [5, 5.41) is 11.6. The fraction of sp³-hybridized carbons (Fsp3) is 0.269. The highest BCUT2D eigenvalue weighted by Crippen LogP contribution is 2.24. The van der Waals surface area contributed by atoms with Gasteiger partial charge in [0, 0.05) is 5.69 Å². The first-order valence-corrected chi connectivity index (χ1v) is 10.4. The molecule has 4 heteroatoms. The molecule has 3 aromatic carbocycles. The predicted octanol–water partition coefficient (Wildman–Crippen LogP) is 7.35. The van der Waals surface area contributed by atoms with Gasteiger partial charge in [0.25, 0.3) is 0 Å². The van der Waals surface area contributed by atoms with Crippen LogP contribution in [0, 0.1) is 12.8 Å². The van der Waals surface area contributed by atoms with Gasteiger partial charge in [-0.1, -0.05) is 56.3 Å². The summed E-state index contributed by atoms with van der Waals surface area (Å²) in [7, 11) is 0. The van der Waals surface area contributed by atoms with Crippen molar-refractivity contribution in [2.75, 3.05) is 5.32 Å². The Morgan fingerprint density at radius 3 is 2.17 bits per heavy atom. The minimum absolute atomic E-state index is 0.0269. The number of carbonyl (C=O) groups is 1. The second-order valence-corrected chi connectivity index (χ2v) is 8.08. The molecule has 0 heterocycles. The van der Waals surface area contributed by atoms with Gasteiger partial charge in [-0.15, -0.1) is 0 Å². The van der Waals surface area contributed by atoms with Crippen molar-refractivity contribution in [3.05, 3.63) is 89.5 Å². The van der Waals surface area contributed by atoms with Crippen LogP contribution in [0.2, 0.25) is 0 Å². The van der Waals surface area contributed by atoms with Crippen LogP contribution in [0.5, 0.6) is 0 Å². The normalized spacial score (nSPS) is 12.3. The summed E-state index contributed by atoms with van der Waals surface area (Å²) in [6.45, 7) is 8.35. The molecule has 0 saturated heterocycles. The Morgan fingerprint density at radius 1 is 0.867 bits per heavy atom. The molecule has 3 aromatic rings. The monoisotopic (exact) mass is 399 g/mol. The quantitative estimate of drug-likeness (QED) is 0.415. The molecule has 0 aliphatic rings. The number of nitrogens with one attached hydrogen (secondary N) is 1. The first-order valence-electron chi connectivity index (χ1n) is 10.4. The minimum Gasteiger partial charge on any atom is -0.326 e. The SMILES string of the molecule is Cc1ccccc1N=Nc1ccc(NC(=O)[C@@H](C)c2ccc(CC(C)C)cc2)cc1. The molecule has 30 heavy (non-hydrogen) atoms. The Kier molecular flexibility index (Phi) is 7.12. The van der Waals surface area contributed by atoms with E-state index in [-0.39, 0.29) is 11.8 Å². The Labute approximate surface area is 179 Å². The Morgan fingerprint density at radius 2 is 1.53 bits per heavy atom. The van der Waals surface area contributed by atoms with Crippen molar-refractivity contribution in [1.29, 1.82) is 0 Å². The molecule has 4 nitrogen and oxygen atoms in total. The van der Waals surface area contributed by atoms with Crippen LogP contribution in [0.3, 0.4) is 0 Å². The summed E-state index contributed by atoms with van der Waals surface area (Å²) in [4.78, 5) is 12.7. The lowest BCUT2D eigenvalue weighted by Gasteiger charge is -2.14. The molecule has 0 aliphatic carbocycles. The van der Waals surface area contributed by atoms with Gasteiger partial charge in [-0.05, 0) is 73.2 Å². The highest BCUT2D eigenvalue weighted by molar-refractivity contribution is 5.95. The van der Waals surface area contributed by atoms with Crippen molar-refractivity contribution in [2.24, 2.45) is 16.1 Å². The first-order chi connectivity index (χ1) is 14.4. The molecule has 0 radical (unpaired) electrons. The van der Waals surface area contributed by atoms with Crippen LogP contribution in [0.15, 0.2) is 83.0 Å². The third-order valence-electron chi connectivity index (χ3n) is 5.04. The van der Waals surface area contributed by atoms with Gasteiger partial charge in [0.05, 0.1) is 17.3 Å². The second kappa shape index (κ2) is 9.97. The van der Waals surface area contributed by atoms with Gasteiger partial charge in [-0.25, -0.2) is 0 Å². The number of azo groups is 1. The van der Waals surface area contributed by atoms with Crippen LogP contribution >= 0.6 is 0 Å². The zero-order valence-electron chi connectivity index (χ0n) is 18.1. The van der Waals surface area contributed by atoms with E-state index < -0.39 is 0 Å². The molecule has 1 N–H and O–H groups in total. The third-order valence-corrected chi connectivity index (χ3v) is 5.04. The summed E-state index contributed by atoms with van der Waals surface area (Å²) in [5.41, 5.74) is 5.74. The van der Waals surface area contributed by atoms with E-state index in [4.69, 9.17) is 0 Å². The lowest BCUT2D eigenvalue weighted by Crippen LogP contribution is -2.18. The van der Waals surface area contributed by atoms with Crippen molar-refractivity contribution in [3.8, 4) is 0 Å². The van der Waals surface area contributed by atoms with Gasteiger partial charge in [0.1, 0.15) is 0 Å². The highest BCUT2D eigenvalue weighted by atomic mass is 16.1. The molecule has 0 saturated carbocycles. The highest BCUT2D eigenvalue weighted by Gasteiger charge is 2.15. The van der Waals surface area contributed by atoms with E-state index in [1.807, 2.05) is 62.4 Å². The summed E-state index contributed by atoms with van der Waals surface area (Å²) in [6, 6.07) is 23.6. The van der Waals surface area contributed by atoms with E-state index >= 15 is 0 Å². The van der Waals surface area contributed by atoms with Gasteiger partial charge < -0.3 is 5.32 Å². The van der Waals surface area contributed by atoms with E-state index in [0.29, 0.717) is 5.92 Å². The molecule has 0 unspecified atom stereocenters. The summed E-state index contributed by atoms with van der Waals surface area (Å²) in [6.07, 6.45) is 1.05. The van der Waals surface area contributed by atoms with E-state index in [1.165, 1.54) is 5.56 Å². The molecule has 1 atom stereocenters. The lowest BCUT2D eigenvalue weighted by atomic mass is 9.96. The maximum absolute atomic E-state index is 12.7. The van der Waals surface area contributed by atoms with Gasteiger partial charge >= 0.3 is 0 Å². The van der Waals surface area contributed by atoms with Crippen LogP contribution < -0.4 is 5.32 Å². The molecular formula is C26H29N3O. The van der Waals surface area contributed by atoms with Crippen molar-refractivity contribution in [1.82, 2.24) is 0 Å². The number of aryl methyl sites for hydroxylation is 1. The van der Waals surface area contributed by atoms with Gasteiger partial charge in [0.15, 0.2) is 0 Å². The molecule has 0 spiro atoms. The van der Waals surface area contributed by atoms with Crippen molar-refractivity contribution in [2.45, 2.75) is 40.0 Å². The van der Waals surface area contributed by atoms with Crippen molar-refractivity contribution >= 4 is 23.0 Å². The number of rotatable bonds is 7.